The van der Waals surface area contributed by atoms with Gasteiger partial charge in [0, 0.05) is 0 Å². The molecule has 1 aromatic carbocycles. The summed E-state index contributed by atoms with van der Waals surface area (Å²) in [4.78, 5) is 14.5. The Labute approximate surface area is 86.0 Å². The number of benzene rings is 1. The first-order chi connectivity index (χ1) is 6.63. The van der Waals surface area contributed by atoms with Crippen molar-refractivity contribution in [3.05, 3.63) is 29.8 Å². The molecule has 4 nitrogen and oxygen atoms in total. The van der Waals surface area contributed by atoms with Crippen molar-refractivity contribution < 1.29 is 9.90 Å². The molecule has 0 spiro atoms. The number of nitrogens with two attached hydrogens (primary N) is 1. The second-order valence-electron chi connectivity index (χ2n) is 2.59. The molecule has 0 atom stereocenters. The topological polar surface area (TPSA) is 75.7 Å². The lowest BCUT2D eigenvalue weighted by Gasteiger charge is -1.98. The number of halogens is 1. The molecule has 0 bridgehead atoms. The zero-order chi connectivity index (χ0) is 10.6. The third kappa shape index (κ3) is 2.74. The first-order valence-corrected chi connectivity index (χ1v) is 4.39. The second-order valence-corrected chi connectivity index (χ2v) is 2.86. The molecule has 0 aliphatic carbocycles. The number of aromatic carboxylic acids is 1. The standard InChI is InChI=1S/C9H9ClN2O2/c10-5-8(11)12-7-3-1-2-6(4-7)9(13)14/h1-4H,5H2,(H2,11,12)(H,13,14). The lowest BCUT2D eigenvalue weighted by molar-refractivity contribution is 0.0697. The molecule has 0 aromatic heterocycles. The molecule has 0 aliphatic heterocycles. The van der Waals surface area contributed by atoms with Crippen LogP contribution in [0, 0.1) is 0 Å². The summed E-state index contributed by atoms with van der Waals surface area (Å²) in [7, 11) is 0. The number of alkyl halides is 1. The Balaban J connectivity index is 3.00. The maximum absolute atomic E-state index is 10.6. The van der Waals surface area contributed by atoms with Crippen LogP contribution < -0.4 is 5.73 Å². The molecule has 3 N–H and O–H groups in total. The van der Waals surface area contributed by atoms with E-state index >= 15 is 0 Å². The van der Waals surface area contributed by atoms with Crippen molar-refractivity contribution in [3.8, 4) is 0 Å². The van der Waals surface area contributed by atoms with E-state index in [1.54, 1.807) is 12.1 Å². The fourth-order valence-electron chi connectivity index (χ4n) is 0.904. The highest BCUT2D eigenvalue weighted by molar-refractivity contribution is 6.28. The molecule has 0 saturated carbocycles. The maximum Gasteiger partial charge on any atom is 0.335 e. The fourth-order valence-corrected chi connectivity index (χ4v) is 0.964. The van der Waals surface area contributed by atoms with Crippen LogP contribution >= 0.6 is 11.6 Å². The number of amidine groups is 1. The van der Waals surface area contributed by atoms with Gasteiger partial charge in [0.25, 0.3) is 0 Å². The van der Waals surface area contributed by atoms with Gasteiger partial charge in [0.15, 0.2) is 0 Å². The zero-order valence-electron chi connectivity index (χ0n) is 7.27. The molecule has 1 aromatic rings. The lowest BCUT2D eigenvalue weighted by Crippen LogP contribution is -2.12. The molecule has 0 radical (unpaired) electrons. The van der Waals surface area contributed by atoms with Crippen LogP contribution in [0.2, 0.25) is 0 Å². The summed E-state index contributed by atoms with van der Waals surface area (Å²) < 4.78 is 0. The van der Waals surface area contributed by atoms with E-state index in [4.69, 9.17) is 22.4 Å². The molecule has 0 amide bonds. The third-order valence-electron chi connectivity index (χ3n) is 1.50. The van der Waals surface area contributed by atoms with E-state index in [0.29, 0.717) is 5.69 Å². The Hall–Kier alpha value is -1.55. The van der Waals surface area contributed by atoms with Crippen LogP contribution in [0.25, 0.3) is 0 Å². The van der Waals surface area contributed by atoms with E-state index in [0.717, 1.165) is 0 Å². The van der Waals surface area contributed by atoms with Gasteiger partial charge in [0.2, 0.25) is 0 Å². The van der Waals surface area contributed by atoms with E-state index in [1.165, 1.54) is 12.1 Å². The van der Waals surface area contributed by atoms with Gasteiger partial charge in [-0.1, -0.05) is 6.07 Å². The second kappa shape index (κ2) is 4.62. The molecule has 0 aliphatic rings. The minimum atomic E-state index is -0.994. The summed E-state index contributed by atoms with van der Waals surface area (Å²) in [6, 6.07) is 6.18. The molecule has 14 heavy (non-hydrogen) atoms. The third-order valence-corrected chi connectivity index (χ3v) is 1.78. The van der Waals surface area contributed by atoms with Gasteiger partial charge >= 0.3 is 5.97 Å². The first kappa shape index (κ1) is 10.5. The first-order valence-electron chi connectivity index (χ1n) is 3.86. The van der Waals surface area contributed by atoms with Crippen LogP contribution in [0.4, 0.5) is 5.69 Å². The van der Waals surface area contributed by atoms with Gasteiger partial charge in [-0.25, -0.2) is 9.79 Å². The average Bonchev–Trinajstić information content (AvgIpc) is 2.18. The van der Waals surface area contributed by atoms with Gasteiger partial charge in [-0.15, -0.1) is 11.6 Å². The number of rotatable bonds is 3. The van der Waals surface area contributed by atoms with Crippen LogP contribution in [-0.2, 0) is 0 Å². The number of carboxylic acids is 1. The lowest BCUT2D eigenvalue weighted by atomic mass is 10.2. The Morgan fingerprint density at radius 3 is 2.86 bits per heavy atom. The maximum atomic E-state index is 10.6. The highest BCUT2D eigenvalue weighted by Gasteiger charge is 2.02. The highest BCUT2D eigenvalue weighted by Crippen LogP contribution is 2.14. The average molecular weight is 213 g/mol. The number of aliphatic imine (C=N–C) groups is 1. The molecule has 74 valence electrons. The van der Waals surface area contributed by atoms with Crippen LogP contribution in [0.15, 0.2) is 29.3 Å². The highest BCUT2D eigenvalue weighted by atomic mass is 35.5. The smallest absolute Gasteiger partial charge is 0.335 e. The van der Waals surface area contributed by atoms with Crippen molar-refractivity contribution in [1.82, 2.24) is 0 Å². The van der Waals surface area contributed by atoms with E-state index in [2.05, 4.69) is 4.99 Å². The number of carbonyl (C=O) groups is 1. The summed E-state index contributed by atoms with van der Waals surface area (Å²) >= 11 is 5.43. The summed E-state index contributed by atoms with van der Waals surface area (Å²) in [5.74, 6) is -0.613. The van der Waals surface area contributed by atoms with Crippen molar-refractivity contribution in [2.24, 2.45) is 10.7 Å². The molecular formula is C9H9ClN2O2. The van der Waals surface area contributed by atoms with Gasteiger partial charge < -0.3 is 10.8 Å². The molecule has 0 saturated heterocycles. The summed E-state index contributed by atoms with van der Waals surface area (Å²) in [5.41, 5.74) is 6.07. The summed E-state index contributed by atoms with van der Waals surface area (Å²) in [6.45, 7) is 0. The van der Waals surface area contributed by atoms with Crippen molar-refractivity contribution in [1.29, 1.82) is 0 Å². The fraction of sp³-hybridized carbons (Fsp3) is 0.111. The van der Waals surface area contributed by atoms with Crippen molar-refractivity contribution >= 4 is 29.1 Å². The predicted octanol–water partition coefficient (Wildman–Crippen LogP) is 1.61. The Morgan fingerprint density at radius 1 is 1.57 bits per heavy atom. The predicted molar refractivity (Wildman–Crippen MR) is 55.4 cm³/mol. The molecule has 0 unspecified atom stereocenters. The monoisotopic (exact) mass is 212 g/mol. The van der Waals surface area contributed by atoms with Gasteiger partial charge in [0.05, 0.1) is 17.1 Å². The molecular weight excluding hydrogens is 204 g/mol. The SMILES string of the molecule is NC(CCl)=Nc1cccc(C(=O)O)c1. The van der Waals surface area contributed by atoms with E-state index in [1.807, 2.05) is 0 Å². The van der Waals surface area contributed by atoms with Crippen molar-refractivity contribution in [2.45, 2.75) is 0 Å². The van der Waals surface area contributed by atoms with Crippen molar-refractivity contribution in [2.75, 3.05) is 5.88 Å². The van der Waals surface area contributed by atoms with Crippen LogP contribution in [0.1, 0.15) is 10.4 Å². The number of hydrogen-bond donors (Lipinski definition) is 2. The van der Waals surface area contributed by atoms with Crippen LogP contribution in [-0.4, -0.2) is 22.8 Å². The normalized spacial score (nSPS) is 11.4. The Kier molecular flexibility index (Phi) is 3.48. The summed E-state index contributed by atoms with van der Waals surface area (Å²) in [6.07, 6.45) is 0. The van der Waals surface area contributed by atoms with Crippen molar-refractivity contribution in [3.63, 3.8) is 0 Å². The Morgan fingerprint density at radius 2 is 2.29 bits per heavy atom. The van der Waals surface area contributed by atoms with Gasteiger partial charge in [-0.2, -0.15) is 0 Å². The minimum Gasteiger partial charge on any atom is -0.478 e. The zero-order valence-corrected chi connectivity index (χ0v) is 8.03. The molecule has 0 heterocycles. The molecule has 0 fully saturated rings. The van der Waals surface area contributed by atoms with Gasteiger partial charge in [0.1, 0.15) is 5.84 Å². The number of hydrogen-bond acceptors (Lipinski definition) is 2. The number of carboxylic acid groups (broad SMARTS) is 1. The quantitative estimate of drug-likeness (QED) is 0.454. The van der Waals surface area contributed by atoms with Gasteiger partial charge in [-0.3, -0.25) is 0 Å². The largest absolute Gasteiger partial charge is 0.478 e. The summed E-state index contributed by atoms with van der Waals surface area (Å²) in [5, 5.41) is 8.69. The van der Waals surface area contributed by atoms with Gasteiger partial charge in [-0.05, 0) is 18.2 Å². The minimum absolute atomic E-state index is 0.122. The van der Waals surface area contributed by atoms with E-state index in [-0.39, 0.29) is 17.3 Å². The number of nitrogens with zero attached hydrogens (tertiary/aromatic N) is 1. The van der Waals surface area contributed by atoms with Crippen LogP contribution in [0.5, 0.6) is 0 Å². The molecule has 1 rings (SSSR count). The molecule has 5 heteroatoms. The Bertz CT molecular complexity index is 377. The van der Waals surface area contributed by atoms with E-state index < -0.39 is 5.97 Å². The van der Waals surface area contributed by atoms with Crippen LogP contribution in [0.3, 0.4) is 0 Å². The van der Waals surface area contributed by atoms with E-state index in [9.17, 15) is 4.79 Å².